The van der Waals surface area contributed by atoms with Crippen molar-refractivity contribution in [3.05, 3.63) is 76.4 Å². The van der Waals surface area contributed by atoms with E-state index in [0.717, 1.165) is 19.3 Å². The van der Waals surface area contributed by atoms with E-state index in [2.05, 4.69) is 54.0 Å². The van der Waals surface area contributed by atoms with Crippen molar-refractivity contribution in [2.45, 2.75) is 19.3 Å². The second-order valence-corrected chi connectivity index (χ2v) is 5.33. The highest BCUT2D eigenvalue weighted by atomic mass is 16.5. The van der Waals surface area contributed by atoms with E-state index in [-0.39, 0.29) is 0 Å². The van der Waals surface area contributed by atoms with Crippen LogP contribution in [0.4, 0.5) is 0 Å². The van der Waals surface area contributed by atoms with Gasteiger partial charge in [-0.25, -0.2) is 5.48 Å². The van der Waals surface area contributed by atoms with E-state index >= 15 is 0 Å². The topological polar surface area (TPSA) is 32.3 Å². The first-order valence-electron chi connectivity index (χ1n) is 7.07. The number of hydroxylamine groups is 1. The minimum atomic E-state index is 0.558. The van der Waals surface area contributed by atoms with Crippen LogP contribution < -0.4 is 5.48 Å². The highest BCUT2D eigenvalue weighted by molar-refractivity contribution is 5.61. The summed E-state index contributed by atoms with van der Waals surface area (Å²) in [5.74, 6) is 0. The number of hydrogen-bond donors (Lipinski definition) is 2. The molecule has 0 saturated heterocycles. The zero-order valence-electron chi connectivity index (χ0n) is 11.5. The third-order valence-corrected chi connectivity index (χ3v) is 3.84. The van der Waals surface area contributed by atoms with Crippen molar-refractivity contribution in [3.63, 3.8) is 0 Å². The Morgan fingerprint density at radius 2 is 1.80 bits per heavy atom. The van der Waals surface area contributed by atoms with Gasteiger partial charge in [-0.2, -0.15) is 0 Å². The van der Waals surface area contributed by atoms with Gasteiger partial charge in [0.05, 0.1) is 0 Å². The summed E-state index contributed by atoms with van der Waals surface area (Å²) >= 11 is 0. The summed E-state index contributed by atoms with van der Waals surface area (Å²) in [6.45, 7) is 0.558. The highest BCUT2D eigenvalue weighted by Gasteiger charge is 2.10. The Balaban J connectivity index is 1.84. The number of hydrogen-bond acceptors (Lipinski definition) is 2. The minimum Gasteiger partial charge on any atom is -0.317 e. The molecule has 0 bridgehead atoms. The van der Waals surface area contributed by atoms with Gasteiger partial charge in [0.25, 0.3) is 0 Å². The first kappa shape index (κ1) is 13.1. The van der Waals surface area contributed by atoms with Crippen molar-refractivity contribution in [1.29, 1.82) is 0 Å². The monoisotopic (exact) mass is 265 g/mol. The molecular formula is C18H19NO. The molecule has 0 aromatic heterocycles. The maximum Gasteiger partial charge on any atom is 0.0421 e. The third kappa shape index (κ3) is 2.98. The fourth-order valence-corrected chi connectivity index (χ4v) is 2.78. The van der Waals surface area contributed by atoms with Crippen molar-refractivity contribution < 1.29 is 5.21 Å². The minimum absolute atomic E-state index is 0.558. The Kier molecular flexibility index (Phi) is 3.95. The molecule has 0 spiro atoms. The fourth-order valence-electron chi connectivity index (χ4n) is 2.78. The fraction of sp³-hybridized carbons (Fsp3) is 0.222. The lowest BCUT2D eigenvalue weighted by molar-refractivity contribution is 0.176. The van der Waals surface area contributed by atoms with E-state index in [9.17, 15) is 0 Å². The van der Waals surface area contributed by atoms with Crippen molar-refractivity contribution in [1.82, 2.24) is 5.48 Å². The number of rotatable bonds is 4. The highest BCUT2D eigenvalue weighted by Crippen LogP contribution is 2.25. The standard InChI is InChI=1S/C18H19NO/c20-19-13-16-7-9-17-8-6-15(11-18(17)12-16)10-14-4-2-1-3-5-14/h1-6,8,11-12,19-20H,7,9-10,13H2. The van der Waals surface area contributed by atoms with Gasteiger partial charge in [-0.05, 0) is 41.5 Å². The van der Waals surface area contributed by atoms with Gasteiger partial charge in [0.15, 0.2) is 0 Å². The van der Waals surface area contributed by atoms with Gasteiger partial charge >= 0.3 is 0 Å². The molecule has 102 valence electrons. The maximum absolute atomic E-state index is 8.83. The number of nitrogens with one attached hydrogen (secondary N) is 1. The normalized spacial score (nSPS) is 13.8. The Morgan fingerprint density at radius 1 is 0.950 bits per heavy atom. The molecule has 0 aliphatic heterocycles. The summed E-state index contributed by atoms with van der Waals surface area (Å²) in [4.78, 5) is 0. The van der Waals surface area contributed by atoms with Crippen LogP contribution >= 0.6 is 0 Å². The Hall–Kier alpha value is -1.90. The third-order valence-electron chi connectivity index (χ3n) is 3.84. The van der Waals surface area contributed by atoms with Crippen molar-refractivity contribution in [2.24, 2.45) is 0 Å². The zero-order valence-corrected chi connectivity index (χ0v) is 11.5. The van der Waals surface area contributed by atoms with Crippen LogP contribution in [0.5, 0.6) is 0 Å². The van der Waals surface area contributed by atoms with Gasteiger partial charge in [-0.15, -0.1) is 0 Å². The van der Waals surface area contributed by atoms with Gasteiger partial charge in [-0.3, -0.25) is 0 Å². The van der Waals surface area contributed by atoms with E-state index in [0.29, 0.717) is 6.54 Å². The van der Waals surface area contributed by atoms with Gasteiger partial charge in [0.1, 0.15) is 0 Å². The van der Waals surface area contributed by atoms with Crippen LogP contribution in [0.3, 0.4) is 0 Å². The number of fused-ring (bicyclic) bond motifs is 1. The molecule has 0 atom stereocenters. The number of benzene rings is 2. The smallest absolute Gasteiger partial charge is 0.0421 e. The van der Waals surface area contributed by atoms with Crippen molar-refractivity contribution >= 4 is 6.08 Å². The summed E-state index contributed by atoms with van der Waals surface area (Å²) in [6.07, 6.45) is 5.26. The SMILES string of the molecule is ONCC1=Cc2cc(Cc3ccccc3)ccc2CC1. The second-order valence-electron chi connectivity index (χ2n) is 5.33. The predicted molar refractivity (Wildman–Crippen MR) is 81.8 cm³/mol. The van der Waals surface area contributed by atoms with Crippen LogP contribution in [-0.4, -0.2) is 11.8 Å². The first-order valence-corrected chi connectivity index (χ1v) is 7.07. The Morgan fingerprint density at radius 3 is 2.60 bits per heavy atom. The molecule has 3 rings (SSSR count). The van der Waals surface area contributed by atoms with Gasteiger partial charge in [-0.1, -0.05) is 60.2 Å². The molecule has 0 heterocycles. The van der Waals surface area contributed by atoms with E-state index in [1.54, 1.807) is 0 Å². The van der Waals surface area contributed by atoms with E-state index in [1.807, 2.05) is 6.07 Å². The lowest BCUT2D eigenvalue weighted by Gasteiger charge is -2.17. The summed E-state index contributed by atoms with van der Waals surface area (Å²) in [7, 11) is 0. The lowest BCUT2D eigenvalue weighted by atomic mass is 9.90. The predicted octanol–water partition coefficient (Wildman–Crippen LogP) is 3.59. The quantitative estimate of drug-likeness (QED) is 0.828. The molecule has 2 aromatic rings. The average molecular weight is 265 g/mol. The van der Waals surface area contributed by atoms with Gasteiger partial charge in [0.2, 0.25) is 0 Å². The average Bonchev–Trinajstić information content (AvgIpc) is 2.48. The van der Waals surface area contributed by atoms with Crippen LogP contribution in [0.15, 0.2) is 54.1 Å². The van der Waals surface area contributed by atoms with Crippen LogP contribution in [0, 0.1) is 0 Å². The van der Waals surface area contributed by atoms with Crippen LogP contribution in [0.25, 0.3) is 6.08 Å². The van der Waals surface area contributed by atoms with Crippen LogP contribution in [0.1, 0.15) is 28.7 Å². The van der Waals surface area contributed by atoms with Crippen LogP contribution in [-0.2, 0) is 12.8 Å². The molecule has 2 heteroatoms. The maximum atomic E-state index is 8.83. The zero-order chi connectivity index (χ0) is 13.8. The van der Waals surface area contributed by atoms with E-state index in [1.165, 1.54) is 27.8 Å². The molecule has 1 aliphatic rings. The lowest BCUT2D eigenvalue weighted by Crippen LogP contribution is -2.14. The molecule has 1 aliphatic carbocycles. The molecule has 0 saturated carbocycles. The molecule has 2 aromatic carbocycles. The second kappa shape index (κ2) is 6.04. The Bertz CT molecular complexity index is 617. The first-order chi connectivity index (χ1) is 9.85. The molecule has 0 fully saturated rings. The molecule has 0 unspecified atom stereocenters. The largest absolute Gasteiger partial charge is 0.317 e. The molecule has 0 radical (unpaired) electrons. The molecule has 2 N–H and O–H groups in total. The molecular weight excluding hydrogens is 246 g/mol. The van der Waals surface area contributed by atoms with E-state index in [4.69, 9.17) is 5.21 Å². The Labute approximate surface area is 119 Å². The van der Waals surface area contributed by atoms with E-state index < -0.39 is 0 Å². The summed E-state index contributed by atoms with van der Waals surface area (Å²) in [5.41, 5.74) is 8.90. The van der Waals surface area contributed by atoms with Crippen molar-refractivity contribution in [3.8, 4) is 0 Å². The van der Waals surface area contributed by atoms with Crippen molar-refractivity contribution in [2.75, 3.05) is 6.54 Å². The molecule has 2 nitrogen and oxygen atoms in total. The summed E-state index contributed by atoms with van der Waals surface area (Å²) < 4.78 is 0. The van der Waals surface area contributed by atoms with Gasteiger partial charge in [0, 0.05) is 6.54 Å². The van der Waals surface area contributed by atoms with Gasteiger partial charge < -0.3 is 5.21 Å². The number of aryl methyl sites for hydroxylation is 1. The molecule has 0 amide bonds. The summed E-state index contributed by atoms with van der Waals surface area (Å²) in [6, 6.07) is 17.3. The summed E-state index contributed by atoms with van der Waals surface area (Å²) in [5, 5.41) is 8.83. The van der Waals surface area contributed by atoms with Crippen LogP contribution in [0.2, 0.25) is 0 Å². The molecule has 20 heavy (non-hydrogen) atoms.